The van der Waals surface area contributed by atoms with E-state index >= 15 is 0 Å². The quantitative estimate of drug-likeness (QED) is 0.789. The van der Waals surface area contributed by atoms with Crippen LogP contribution in [0, 0.1) is 0 Å². The number of nitrogens with one attached hydrogen (secondary N) is 1. The van der Waals surface area contributed by atoms with Crippen LogP contribution < -0.4 is 14.8 Å². The molecule has 6 heteroatoms. The number of hydrogen-bond donors (Lipinski definition) is 1. The van der Waals surface area contributed by atoms with Crippen molar-refractivity contribution in [2.75, 3.05) is 18.5 Å². The highest BCUT2D eigenvalue weighted by Crippen LogP contribution is 2.37. The second-order valence-corrected chi connectivity index (χ2v) is 5.40. The molecule has 1 aromatic carbocycles. The van der Waals surface area contributed by atoms with Crippen molar-refractivity contribution >= 4 is 22.7 Å². The van der Waals surface area contributed by atoms with Gasteiger partial charge in [0, 0.05) is 25.6 Å². The molecule has 4 rings (SSSR count). The summed E-state index contributed by atoms with van der Waals surface area (Å²) in [6, 6.07) is 9.03. The molecule has 0 aliphatic carbocycles. The summed E-state index contributed by atoms with van der Waals surface area (Å²) in [5.41, 5.74) is 2.68. The van der Waals surface area contributed by atoms with Gasteiger partial charge in [0.15, 0.2) is 17.1 Å². The number of ether oxygens (including phenoxy) is 2. The third-order valence-electron chi connectivity index (χ3n) is 3.92. The second-order valence-electron chi connectivity index (χ2n) is 5.40. The maximum Gasteiger partial charge on any atom is 0.272 e. The van der Waals surface area contributed by atoms with Gasteiger partial charge in [-0.1, -0.05) is 6.07 Å². The lowest BCUT2D eigenvalue weighted by molar-refractivity contribution is 0.101. The van der Waals surface area contributed by atoms with Gasteiger partial charge >= 0.3 is 0 Å². The minimum absolute atomic E-state index is 0.222. The van der Waals surface area contributed by atoms with E-state index in [9.17, 15) is 4.79 Å². The maximum absolute atomic E-state index is 12.6. The van der Waals surface area contributed by atoms with Gasteiger partial charge < -0.3 is 23.8 Å². The number of rotatable bonds is 2. The van der Waals surface area contributed by atoms with Gasteiger partial charge in [-0.2, -0.15) is 0 Å². The third-order valence-corrected chi connectivity index (χ3v) is 3.92. The standard InChI is InChI=1S/C17H16N2O4/c1-19-12-6-9-22-15(12)10-13(19)17(20)18-11-4-2-5-14-16(11)23-8-3-7-21-14/h2,4-6,9-10H,3,7-8H2,1H3,(H,18,20). The van der Waals surface area contributed by atoms with Crippen LogP contribution in [0.3, 0.4) is 0 Å². The molecule has 0 atom stereocenters. The third kappa shape index (κ3) is 2.32. The molecule has 23 heavy (non-hydrogen) atoms. The Kier molecular flexibility index (Phi) is 3.22. The molecule has 0 saturated carbocycles. The molecule has 0 bridgehead atoms. The van der Waals surface area contributed by atoms with Crippen LogP contribution in [0.2, 0.25) is 0 Å². The number of nitrogens with zero attached hydrogens (tertiary/aromatic N) is 1. The van der Waals surface area contributed by atoms with E-state index in [1.165, 1.54) is 0 Å². The number of anilines is 1. The Morgan fingerprint density at radius 1 is 1.22 bits per heavy atom. The van der Waals surface area contributed by atoms with Crippen LogP contribution in [-0.2, 0) is 7.05 Å². The van der Waals surface area contributed by atoms with E-state index < -0.39 is 0 Å². The van der Waals surface area contributed by atoms with Crippen LogP contribution in [0.15, 0.2) is 41.0 Å². The highest BCUT2D eigenvalue weighted by atomic mass is 16.5. The molecule has 118 valence electrons. The van der Waals surface area contributed by atoms with E-state index in [1.807, 2.05) is 25.2 Å². The van der Waals surface area contributed by atoms with Crippen LogP contribution in [0.4, 0.5) is 5.69 Å². The topological polar surface area (TPSA) is 65.6 Å². The number of hydrogen-bond acceptors (Lipinski definition) is 4. The van der Waals surface area contributed by atoms with Crippen LogP contribution in [0.5, 0.6) is 11.5 Å². The minimum Gasteiger partial charge on any atom is -0.489 e. The zero-order chi connectivity index (χ0) is 15.8. The number of aromatic nitrogens is 1. The summed E-state index contributed by atoms with van der Waals surface area (Å²) in [6.45, 7) is 1.18. The van der Waals surface area contributed by atoms with Crippen molar-refractivity contribution in [1.29, 1.82) is 0 Å². The van der Waals surface area contributed by atoms with E-state index in [1.54, 1.807) is 23.0 Å². The first kappa shape index (κ1) is 13.8. The smallest absolute Gasteiger partial charge is 0.272 e. The van der Waals surface area contributed by atoms with Gasteiger partial charge in [0.25, 0.3) is 5.91 Å². The van der Waals surface area contributed by atoms with Gasteiger partial charge in [-0.25, -0.2) is 0 Å². The number of amides is 1. The van der Waals surface area contributed by atoms with Gasteiger partial charge in [0.1, 0.15) is 5.69 Å². The molecule has 0 fully saturated rings. The molecule has 0 radical (unpaired) electrons. The number of aryl methyl sites for hydroxylation is 1. The average molecular weight is 312 g/mol. The minimum atomic E-state index is -0.222. The first-order chi connectivity index (χ1) is 11.2. The van der Waals surface area contributed by atoms with E-state index in [-0.39, 0.29) is 5.91 Å². The Morgan fingerprint density at radius 2 is 2.09 bits per heavy atom. The number of carbonyl (C=O) groups excluding carboxylic acids is 1. The summed E-state index contributed by atoms with van der Waals surface area (Å²) in [5, 5.41) is 2.90. The Morgan fingerprint density at radius 3 is 2.96 bits per heavy atom. The zero-order valence-corrected chi connectivity index (χ0v) is 12.7. The zero-order valence-electron chi connectivity index (χ0n) is 12.7. The number of furan rings is 1. The van der Waals surface area contributed by atoms with Crippen LogP contribution in [0.1, 0.15) is 16.9 Å². The lowest BCUT2D eigenvalue weighted by atomic mass is 10.2. The van der Waals surface area contributed by atoms with Gasteiger partial charge in [-0.05, 0) is 12.1 Å². The largest absolute Gasteiger partial charge is 0.489 e. The van der Waals surface area contributed by atoms with E-state index in [4.69, 9.17) is 13.9 Å². The van der Waals surface area contributed by atoms with Crippen molar-refractivity contribution in [2.24, 2.45) is 7.05 Å². The highest BCUT2D eigenvalue weighted by Gasteiger charge is 2.19. The fourth-order valence-corrected chi connectivity index (χ4v) is 2.75. The first-order valence-corrected chi connectivity index (χ1v) is 7.47. The first-order valence-electron chi connectivity index (χ1n) is 7.47. The van der Waals surface area contributed by atoms with Crippen molar-refractivity contribution in [3.05, 3.63) is 42.3 Å². The predicted octanol–water partition coefficient (Wildman–Crippen LogP) is 3.18. The summed E-state index contributed by atoms with van der Waals surface area (Å²) in [6.07, 6.45) is 2.42. The van der Waals surface area contributed by atoms with Crippen molar-refractivity contribution in [3.63, 3.8) is 0 Å². The Balaban J connectivity index is 1.66. The molecule has 6 nitrogen and oxygen atoms in total. The molecule has 1 aliphatic rings. The SMILES string of the molecule is Cn1c(C(=O)Nc2cccc3c2OCCCO3)cc2occc21. The molecule has 0 saturated heterocycles. The fourth-order valence-electron chi connectivity index (χ4n) is 2.75. The Hall–Kier alpha value is -2.89. The van der Waals surface area contributed by atoms with Crippen LogP contribution in [-0.4, -0.2) is 23.7 Å². The van der Waals surface area contributed by atoms with E-state index in [0.717, 1.165) is 11.9 Å². The van der Waals surface area contributed by atoms with Crippen LogP contribution in [0.25, 0.3) is 11.1 Å². The lowest BCUT2D eigenvalue weighted by Crippen LogP contribution is -2.16. The number of carbonyl (C=O) groups is 1. The number of fused-ring (bicyclic) bond motifs is 2. The molecule has 1 N–H and O–H groups in total. The van der Waals surface area contributed by atoms with Crippen molar-refractivity contribution in [1.82, 2.24) is 4.57 Å². The molecule has 2 aromatic heterocycles. The van der Waals surface area contributed by atoms with Crippen molar-refractivity contribution in [3.8, 4) is 11.5 Å². The van der Waals surface area contributed by atoms with Crippen molar-refractivity contribution < 1.29 is 18.7 Å². The molecular weight excluding hydrogens is 296 g/mol. The Labute approximate surface area is 132 Å². The monoisotopic (exact) mass is 312 g/mol. The van der Waals surface area contributed by atoms with Gasteiger partial charge in [0.2, 0.25) is 0 Å². The summed E-state index contributed by atoms with van der Waals surface area (Å²) in [5.74, 6) is 1.01. The van der Waals surface area contributed by atoms with Gasteiger partial charge in [0.05, 0.1) is 30.7 Å². The van der Waals surface area contributed by atoms with Crippen molar-refractivity contribution in [2.45, 2.75) is 6.42 Å². The highest BCUT2D eigenvalue weighted by molar-refractivity contribution is 6.06. The predicted molar refractivity (Wildman–Crippen MR) is 85.2 cm³/mol. The van der Waals surface area contributed by atoms with E-state index in [2.05, 4.69) is 5.32 Å². The molecular formula is C17H16N2O4. The fraction of sp³-hybridized carbons (Fsp3) is 0.235. The summed E-state index contributed by atoms with van der Waals surface area (Å²) >= 11 is 0. The summed E-state index contributed by atoms with van der Waals surface area (Å²) in [7, 11) is 1.83. The molecule has 1 aliphatic heterocycles. The molecule has 3 aromatic rings. The maximum atomic E-state index is 12.6. The lowest BCUT2D eigenvalue weighted by Gasteiger charge is -2.13. The average Bonchev–Trinajstić information content (AvgIpc) is 3.03. The second kappa shape index (κ2) is 5.39. The van der Waals surface area contributed by atoms with Crippen LogP contribution >= 0.6 is 0 Å². The molecule has 0 unspecified atom stereocenters. The summed E-state index contributed by atoms with van der Waals surface area (Å²) < 4.78 is 18.5. The number of benzene rings is 1. The normalized spacial score (nSPS) is 13.8. The number of para-hydroxylation sites is 1. The molecule has 3 heterocycles. The Bertz CT molecular complexity index is 878. The van der Waals surface area contributed by atoms with Gasteiger partial charge in [-0.15, -0.1) is 0 Å². The van der Waals surface area contributed by atoms with E-state index in [0.29, 0.717) is 41.7 Å². The van der Waals surface area contributed by atoms with Gasteiger partial charge in [-0.3, -0.25) is 4.79 Å². The summed E-state index contributed by atoms with van der Waals surface area (Å²) in [4.78, 5) is 12.6. The molecule has 0 spiro atoms. The molecule has 1 amide bonds.